The van der Waals surface area contributed by atoms with E-state index in [1.165, 1.54) is 4.31 Å². The summed E-state index contributed by atoms with van der Waals surface area (Å²) in [6.07, 6.45) is 1.17. The minimum absolute atomic E-state index is 0.0396. The van der Waals surface area contributed by atoms with Crippen LogP contribution in [0.5, 0.6) is 5.75 Å². The van der Waals surface area contributed by atoms with Gasteiger partial charge in [-0.3, -0.25) is 4.79 Å². The molecule has 2 aromatic carbocycles. The minimum atomic E-state index is -3.45. The van der Waals surface area contributed by atoms with Crippen LogP contribution in [0.3, 0.4) is 0 Å². The van der Waals surface area contributed by atoms with Gasteiger partial charge in [-0.15, -0.1) is 0 Å². The molecule has 2 aromatic rings. The van der Waals surface area contributed by atoms with Gasteiger partial charge in [0.05, 0.1) is 13.4 Å². The monoisotopic (exact) mass is 396 g/mol. The highest BCUT2D eigenvalue weighted by Crippen LogP contribution is 2.17. The van der Waals surface area contributed by atoms with E-state index in [1.54, 1.807) is 55.6 Å². The Hall–Kier alpha value is -2.09. The van der Waals surface area contributed by atoms with Gasteiger partial charge in [-0.05, 0) is 29.8 Å². The number of hydrogen-bond donors (Lipinski definition) is 1. The van der Waals surface area contributed by atoms with E-state index in [0.29, 0.717) is 16.5 Å². The van der Waals surface area contributed by atoms with Crippen LogP contribution in [-0.2, 0) is 21.4 Å². The molecule has 0 aliphatic carbocycles. The predicted octanol–water partition coefficient (Wildman–Crippen LogP) is 3.14. The van der Waals surface area contributed by atoms with Crippen molar-refractivity contribution in [2.24, 2.45) is 0 Å². The van der Waals surface area contributed by atoms with Crippen LogP contribution in [0.2, 0.25) is 5.02 Å². The number of halogens is 1. The van der Waals surface area contributed by atoms with Crippen molar-refractivity contribution >= 4 is 33.2 Å². The van der Waals surface area contributed by atoms with E-state index in [4.69, 9.17) is 16.3 Å². The summed E-state index contributed by atoms with van der Waals surface area (Å²) >= 11 is 5.85. The Kier molecular flexibility index (Phi) is 7.02. The van der Waals surface area contributed by atoms with Gasteiger partial charge in [-0.1, -0.05) is 29.8 Å². The first kappa shape index (κ1) is 20.2. The van der Waals surface area contributed by atoms with E-state index in [9.17, 15) is 13.2 Å². The second kappa shape index (κ2) is 9.02. The molecule has 140 valence electrons. The van der Waals surface area contributed by atoms with Crippen molar-refractivity contribution in [2.75, 3.05) is 25.2 Å². The smallest absolute Gasteiger partial charge is 0.225 e. The largest absolute Gasteiger partial charge is 0.497 e. The molecule has 0 unspecified atom stereocenters. The topological polar surface area (TPSA) is 75.7 Å². The highest BCUT2D eigenvalue weighted by Gasteiger charge is 2.18. The number of ether oxygens (including phenoxy) is 1. The molecule has 26 heavy (non-hydrogen) atoms. The van der Waals surface area contributed by atoms with Crippen molar-refractivity contribution in [3.05, 3.63) is 59.1 Å². The van der Waals surface area contributed by atoms with E-state index in [1.807, 2.05) is 0 Å². The average Bonchev–Trinajstić information content (AvgIpc) is 2.59. The van der Waals surface area contributed by atoms with Crippen LogP contribution in [0.1, 0.15) is 12.0 Å². The molecule has 1 amide bonds. The van der Waals surface area contributed by atoms with Crippen LogP contribution in [0, 0.1) is 0 Å². The van der Waals surface area contributed by atoms with E-state index in [-0.39, 0.29) is 25.4 Å². The molecule has 0 saturated heterocycles. The van der Waals surface area contributed by atoms with Gasteiger partial charge < -0.3 is 10.1 Å². The molecule has 8 heteroatoms. The molecule has 0 fully saturated rings. The summed E-state index contributed by atoms with van der Waals surface area (Å²) in [6, 6.07) is 13.9. The Balaban J connectivity index is 1.97. The van der Waals surface area contributed by atoms with Crippen LogP contribution in [0.25, 0.3) is 0 Å². The number of hydrogen-bond acceptors (Lipinski definition) is 4. The van der Waals surface area contributed by atoms with Crippen LogP contribution in [-0.4, -0.2) is 38.5 Å². The molecule has 0 atom stereocenters. The quantitative estimate of drug-likeness (QED) is 0.743. The highest BCUT2D eigenvalue weighted by atomic mass is 35.5. The maximum absolute atomic E-state index is 12.1. The number of amides is 1. The molecule has 0 aromatic heterocycles. The van der Waals surface area contributed by atoms with Gasteiger partial charge in [0, 0.05) is 36.3 Å². The molecule has 2 rings (SSSR count). The number of carbonyl (C=O) groups is 1. The van der Waals surface area contributed by atoms with Crippen molar-refractivity contribution in [1.29, 1.82) is 0 Å². The van der Waals surface area contributed by atoms with Crippen molar-refractivity contribution in [1.82, 2.24) is 4.31 Å². The number of nitrogens with zero attached hydrogens (tertiary/aromatic N) is 1. The fourth-order valence-electron chi connectivity index (χ4n) is 2.31. The summed E-state index contributed by atoms with van der Waals surface area (Å²) in [6.45, 7) is 0.264. The Morgan fingerprint density at radius 1 is 1.19 bits per heavy atom. The first-order valence-electron chi connectivity index (χ1n) is 7.91. The van der Waals surface area contributed by atoms with Gasteiger partial charge in [0.25, 0.3) is 0 Å². The summed E-state index contributed by atoms with van der Waals surface area (Å²) in [7, 11) is -1.91. The van der Waals surface area contributed by atoms with Gasteiger partial charge in [0.1, 0.15) is 5.75 Å². The Labute approximate surface area is 158 Å². The molecule has 0 bridgehead atoms. The molecule has 0 aliphatic heterocycles. The third-order valence-corrected chi connectivity index (χ3v) is 5.18. The van der Waals surface area contributed by atoms with Gasteiger partial charge in [0.2, 0.25) is 15.9 Å². The lowest BCUT2D eigenvalue weighted by Gasteiger charge is -2.20. The standard InChI is InChI=1S/C18H21ClN2O4S/c1-25-17-5-3-4-16(12-17)20-18(22)10-11-21(26(2,23)24)13-14-6-8-15(19)9-7-14/h3-9,12H,10-11,13H2,1-2H3,(H,20,22). The molecular weight excluding hydrogens is 376 g/mol. The fraction of sp³-hybridized carbons (Fsp3) is 0.278. The molecule has 0 aliphatic rings. The summed E-state index contributed by atoms with van der Waals surface area (Å²) < 4.78 is 30.4. The Morgan fingerprint density at radius 3 is 2.50 bits per heavy atom. The van der Waals surface area contributed by atoms with Crippen LogP contribution in [0.15, 0.2) is 48.5 Å². The molecule has 0 saturated carbocycles. The molecule has 0 radical (unpaired) electrons. The summed E-state index contributed by atoms with van der Waals surface area (Å²) in [5, 5.41) is 3.32. The molecule has 6 nitrogen and oxygen atoms in total. The fourth-order valence-corrected chi connectivity index (χ4v) is 3.24. The lowest BCUT2D eigenvalue weighted by Crippen LogP contribution is -2.32. The van der Waals surface area contributed by atoms with Crippen LogP contribution in [0.4, 0.5) is 5.69 Å². The van der Waals surface area contributed by atoms with Gasteiger partial charge >= 0.3 is 0 Å². The first-order chi connectivity index (χ1) is 12.3. The third kappa shape index (κ3) is 6.33. The first-order valence-corrected chi connectivity index (χ1v) is 10.1. The van der Waals surface area contributed by atoms with Crippen molar-refractivity contribution < 1.29 is 17.9 Å². The third-order valence-electron chi connectivity index (χ3n) is 3.68. The Bertz CT molecular complexity index is 854. The Morgan fingerprint density at radius 2 is 1.88 bits per heavy atom. The number of methoxy groups -OCH3 is 1. The zero-order valence-electron chi connectivity index (χ0n) is 14.6. The maximum atomic E-state index is 12.1. The van der Waals surface area contributed by atoms with Crippen molar-refractivity contribution in [2.45, 2.75) is 13.0 Å². The van der Waals surface area contributed by atoms with E-state index in [2.05, 4.69) is 5.32 Å². The zero-order valence-corrected chi connectivity index (χ0v) is 16.2. The van der Waals surface area contributed by atoms with Gasteiger partial charge in [0.15, 0.2) is 0 Å². The number of benzene rings is 2. The maximum Gasteiger partial charge on any atom is 0.225 e. The van der Waals surface area contributed by atoms with E-state index >= 15 is 0 Å². The molecule has 0 heterocycles. The predicted molar refractivity (Wildman–Crippen MR) is 103 cm³/mol. The summed E-state index contributed by atoms with van der Waals surface area (Å²) in [4.78, 5) is 12.1. The van der Waals surface area contributed by atoms with Crippen molar-refractivity contribution in [3.63, 3.8) is 0 Å². The van der Waals surface area contributed by atoms with Gasteiger partial charge in [-0.25, -0.2) is 8.42 Å². The van der Waals surface area contributed by atoms with Crippen LogP contribution < -0.4 is 10.1 Å². The van der Waals surface area contributed by atoms with E-state index in [0.717, 1.165) is 11.8 Å². The van der Waals surface area contributed by atoms with Crippen molar-refractivity contribution in [3.8, 4) is 5.75 Å². The normalized spacial score (nSPS) is 11.4. The summed E-state index contributed by atoms with van der Waals surface area (Å²) in [5.41, 5.74) is 1.39. The lowest BCUT2D eigenvalue weighted by atomic mass is 10.2. The molecule has 0 spiro atoms. The second-order valence-electron chi connectivity index (χ2n) is 5.75. The number of carbonyl (C=O) groups excluding carboxylic acids is 1. The molecular formula is C18H21ClN2O4S. The summed E-state index contributed by atoms with van der Waals surface area (Å²) in [5.74, 6) is 0.353. The average molecular weight is 397 g/mol. The van der Waals surface area contributed by atoms with Gasteiger partial charge in [-0.2, -0.15) is 4.31 Å². The molecule has 1 N–H and O–H groups in total. The minimum Gasteiger partial charge on any atom is -0.497 e. The SMILES string of the molecule is COc1cccc(NC(=O)CCN(Cc2ccc(Cl)cc2)S(C)(=O)=O)c1. The van der Waals surface area contributed by atoms with E-state index < -0.39 is 10.0 Å². The number of sulfonamides is 1. The zero-order chi connectivity index (χ0) is 19.2. The lowest BCUT2D eigenvalue weighted by molar-refractivity contribution is -0.116. The highest BCUT2D eigenvalue weighted by molar-refractivity contribution is 7.88. The number of rotatable bonds is 8. The second-order valence-corrected chi connectivity index (χ2v) is 8.17. The van der Waals surface area contributed by atoms with Crippen LogP contribution >= 0.6 is 11.6 Å². The number of anilines is 1. The number of nitrogens with one attached hydrogen (secondary N) is 1.